The van der Waals surface area contributed by atoms with Crippen molar-refractivity contribution in [1.82, 2.24) is 5.43 Å². The van der Waals surface area contributed by atoms with Crippen LogP contribution in [0.4, 0.5) is 0 Å². The highest BCUT2D eigenvalue weighted by Crippen LogP contribution is 2.23. The van der Waals surface area contributed by atoms with Crippen molar-refractivity contribution in [3.05, 3.63) is 87.9 Å². The number of hydrogen-bond acceptors (Lipinski definition) is 6. The molecule has 0 heterocycles. The number of nitrogens with zero attached hydrogens (tertiary/aromatic N) is 1. The van der Waals surface area contributed by atoms with Gasteiger partial charge < -0.3 is 14.2 Å². The second-order valence-corrected chi connectivity index (χ2v) is 7.61. The van der Waals surface area contributed by atoms with Gasteiger partial charge in [-0.15, -0.1) is 0 Å². The number of hydrazone groups is 1. The predicted octanol–water partition coefficient (Wildman–Crippen LogP) is 4.51. The lowest BCUT2D eigenvalue weighted by Crippen LogP contribution is -2.24. The highest BCUT2D eigenvalue weighted by atomic mass is 79.9. The Morgan fingerprint density at radius 1 is 1.00 bits per heavy atom. The van der Waals surface area contributed by atoms with Crippen molar-refractivity contribution in [3.8, 4) is 17.2 Å². The molecular formula is C24H21BrN2O5. The molecule has 1 N–H and O–H groups in total. The lowest BCUT2D eigenvalue weighted by molar-refractivity contribution is -0.123. The molecule has 0 atom stereocenters. The molecule has 3 rings (SSSR count). The molecule has 0 aromatic heterocycles. The number of carbonyl (C=O) groups excluding carboxylic acids is 2. The van der Waals surface area contributed by atoms with E-state index in [1.165, 1.54) is 6.21 Å². The first-order chi connectivity index (χ1) is 15.4. The van der Waals surface area contributed by atoms with Crippen LogP contribution in [-0.2, 0) is 4.79 Å². The van der Waals surface area contributed by atoms with E-state index in [2.05, 4.69) is 26.5 Å². The van der Waals surface area contributed by atoms with E-state index in [0.29, 0.717) is 28.4 Å². The number of methoxy groups -OCH3 is 1. The van der Waals surface area contributed by atoms with E-state index in [4.69, 9.17) is 14.2 Å². The topological polar surface area (TPSA) is 86.2 Å². The fourth-order valence-electron chi connectivity index (χ4n) is 2.59. The third-order valence-electron chi connectivity index (χ3n) is 4.28. The molecule has 8 heteroatoms. The van der Waals surface area contributed by atoms with Crippen molar-refractivity contribution in [1.29, 1.82) is 0 Å². The Kier molecular flexibility index (Phi) is 7.99. The molecule has 32 heavy (non-hydrogen) atoms. The number of benzene rings is 3. The van der Waals surface area contributed by atoms with Gasteiger partial charge in [0.25, 0.3) is 5.91 Å². The van der Waals surface area contributed by atoms with Gasteiger partial charge >= 0.3 is 5.97 Å². The number of carbonyl (C=O) groups is 2. The van der Waals surface area contributed by atoms with Crippen LogP contribution in [0.5, 0.6) is 17.2 Å². The van der Waals surface area contributed by atoms with Gasteiger partial charge in [0.1, 0.15) is 17.2 Å². The highest BCUT2D eigenvalue weighted by molar-refractivity contribution is 9.10. The van der Waals surface area contributed by atoms with Crippen molar-refractivity contribution in [2.45, 2.75) is 6.92 Å². The normalized spacial score (nSPS) is 10.6. The van der Waals surface area contributed by atoms with Gasteiger partial charge in [-0.25, -0.2) is 10.2 Å². The minimum Gasteiger partial charge on any atom is -0.497 e. The quantitative estimate of drug-likeness (QED) is 0.214. The van der Waals surface area contributed by atoms with Crippen LogP contribution in [0, 0.1) is 6.92 Å². The molecule has 0 radical (unpaired) electrons. The molecule has 0 bridgehead atoms. The van der Waals surface area contributed by atoms with Crippen molar-refractivity contribution < 1.29 is 23.8 Å². The molecule has 3 aromatic carbocycles. The van der Waals surface area contributed by atoms with Gasteiger partial charge in [-0.1, -0.05) is 33.6 Å². The molecule has 0 saturated carbocycles. The lowest BCUT2D eigenvalue weighted by Gasteiger charge is -2.08. The van der Waals surface area contributed by atoms with Crippen molar-refractivity contribution in [2.75, 3.05) is 13.7 Å². The molecule has 0 unspecified atom stereocenters. The SMILES string of the molecule is COc1ccc(OCC(=O)N/N=C/c2cc(Br)ccc2OC(=O)c2ccc(C)cc2)cc1. The Hall–Kier alpha value is -3.65. The summed E-state index contributed by atoms with van der Waals surface area (Å²) in [4.78, 5) is 24.4. The first kappa shape index (κ1) is 23.0. The fourth-order valence-corrected chi connectivity index (χ4v) is 2.97. The predicted molar refractivity (Wildman–Crippen MR) is 125 cm³/mol. The Morgan fingerprint density at radius 2 is 1.69 bits per heavy atom. The Bertz CT molecular complexity index is 1110. The molecular weight excluding hydrogens is 476 g/mol. The molecule has 1 amide bonds. The summed E-state index contributed by atoms with van der Waals surface area (Å²) in [7, 11) is 1.57. The van der Waals surface area contributed by atoms with Gasteiger partial charge in [0.05, 0.1) is 18.9 Å². The number of aryl methyl sites for hydroxylation is 1. The monoisotopic (exact) mass is 496 g/mol. The first-order valence-electron chi connectivity index (χ1n) is 9.62. The summed E-state index contributed by atoms with van der Waals surface area (Å²) < 4.78 is 16.8. The summed E-state index contributed by atoms with van der Waals surface area (Å²) in [5.74, 6) is 0.608. The molecule has 3 aromatic rings. The van der Waals surface area contributed by atoms with Gasteiger partial charge in [-0.2, -0.15) is 5.10 Å². The average Bonchev–Trinajstić information content (AvgIpc) is 2.80. The van der Waals surface area contributed by atoms with Gasteiger partial charge in [-0.05, 0) is 61.5 Å². The number of halogens is 1. The number of esters is 1. The van der Waals surface area contributed by atoms with Crippen molar-refractivity contribution >= 4 is 34.0 Å². The molecule has 0 aliphatic heterocycles. The number of rotatable bonds is 8. The summed E-state index contributed by atoms with van der Waals surface area (Å²) in [6.45, 7) is 1.73. The molecule has 0 fully saturated rings. The molecule has 164 valence electrons. The van der Waals surface area contributed by atoms with Crippen LogP contribution >= 0.6 is 15.9 Å². The summed E-state index contributed by atoms with van der Waals surface area (Å²) in [6, 6.07) is 19.1. The minimum absolute atomic E-state index is 0.211. The fraction of sp³-hybridized carbons (Fsp3) is 0.125. The molecule has 0 aliphatic carbocycles. The van der Waals surface area contributed by atoms with Crippen LogP contribution in [0.25, 0.3) is 0 Å². The van der Waals surface area contributed by atoms with E-state index in [9.17, 15) is 9.59 Å². The minimum atomic E-state index is -0.487. The smallest absolute Gasteiger partial charge is 0.343 e. The summed E-state index contributed by atoms with van der Waals surface area (Å²) in [5, 5.41) is 3.94. The van der Waals surface area contributed by atoms with Gasteiger partial charge in [0.15, 0.2) is 6.61 Å². The van der Waals surface area contributed by atoms with Gasteiger partial charge in [0, 0.05) is 10.0 Å². The van der Waals surface area contributed by atoms with E-state index < -0.39 is 11.9 Å². The van der Waals surface area contributed by atoms with Crippen LogP contribution < -0.4 is 19.6 Å². The maximum absolute atomic E-state index is 12.4. The summed E-state index contributed by atoms with van der Waals surface area (Å²) in [5.41, 5.74) is 4.38. The van der Waals surface area contributed by atoms with Crippen LogP contribution in [-0.4, -0.2) is 31.8 Å². The number of nitrogens with one attached hydrogen (secondary N) is 1. The zero-order chi connectivity index (χ0) is 22.9. The van der Waals surface area contributed by atoms with Crippen LogP contribution in [0.2, 0.25) is 0 Å². The molecule has 7 nitrogen and oxygen atoms in total. The van der Waals surface area contributed by atoms with Gasteiger partial charge in [-0.3, -0.25) is 4.79 Å². The maximum Gasteiger partial charge on any atom is 0.343 e. The number of hydrogen-bond donors (Lipinski definition) is 1. The number of amides is 1. The maximum atomic E-state index is 12.4. The van der Waals surface area contributed by atoms with Crippen molar-refractivity contribution in [2.24, 2.45) is 5.10 Å². The Labute approximate surface area is 194 Å². The third kappa shape index (κ3) is 6.68. The largest absolute Gasteiger partial charge is 0.497 e. The van der Waals surface area contributed by atoms with E-state index in [-0.39, 0.29) is 6.61 Å². The van der Waals surface area contributed by atoms with Crippen LogP contribution in [0.1, 0.15) is 21.5 Å². The number of ether oxygens (including phenoxy) is 3. The van der Waals surface area contributed by atoms with Crippen LogP contribution in [0.3, 0.4) is 0 Å². The Morgan fingerprint density at radius 3 is 2.38 bits per heavy atom. The van der Waals surface area contributed by atoms with Gasteiger partial charge in [0.2, 0.25) is 0 Å². The Balaban J connectivity index is 1.59. The average molecular weight is 497 g/mol. The highest BCUT2D eigenvalue weighted by Gasteiger charge is 2.11. The van der Waals surface area contributed by atoms with E-state index in [0.717, 1.165) is 10.0 Å². The zero-order valence-electron chi connectivity index (χ0n) is 17.5. The second kappa shape index (κ2) is 11.1. The van der Waals surface area contributed by atoms with E-state index in [1.807, 2.05) is 19.1 Å². The molecule has 0 saturated heterocycles. The summed E-state index contributed by atoms with van der Waals surface area (Å²) >= 11 is 3.38. The lowest BCUT2D eigenvalue weighted by atomic mass is 10.1. The second-order valence-electron chi connectivity index (χ2n) is 6.70. The molecule has 0 spiro atoms. The zero-order valence-corrected chi connectivity index (χ0v) is 19.1. The molecule has 0 aliphatic rings. The van der Waals surface area contributed by atoms with E-state index in [1.54, 1.807) is 61.7 Å². The first-order valence-corrected chi connectivity index (χ1v) is 10.4. The van der Waals surface area contributed by atoms with E-state index >= 15 is 0 Å². The third-order valence-corrected chi connectivity index (χ3v) is 4.78. The standard InChI is InChI=1S/C24H21BrN2O5/c1-16-3-5-17(6-4-16)24(29)32-22-12-7-19(25)13-18(22)14-26-27-23(28)15-31-21-10-8-20(30-2)9-11-21/h3-14H,15H2,1-2H3,(H,27,28)/b26-14+. The summed E-state index contributed by atoms with van der Waals surface area (Å²) in [6.07, 6.45) is 1.40. The van der Waals surface area contributed by atoms with Crippen LogP contribution in [0.15, 0.2) is 76.3 Å². The van der Waals surface area contributed by atoms with Crippen molar-refractivity contribution in [3.63, 3.8) is 0 Å².